The second kappa shape index (κ2) is 9.88. The van der Waals surface area contributed by atoms with E-state index in [1.807, 2.05) is 48.5 Å². The summed E-state index contributed by atoms with van der Waals surface area (Å²) in [5.74, 6) is 1.06. The Balaban J connectivity index is 1.48. The molecule has 0 bridgehead atoms. The fourth-order valence-corrected chi connectivity index (χ4v) is 4.79. The number of rotatable bonds is 6. The molecule has 1 saturated heterocycles. The molecule has 2 aromatic rings. The number of methoxy groups -OCH3 is 1. The Labute approximate surface area is 194 Å². The molecule has 2 aliphatic heterocycles. The Morgan fingerprint density at radius 3 is 2.41 bits per heavy atom. The first-order chi connectivity index (χ1) is 15.5. The minimum absolute atomic E-state index is 0.0413. The molecular formula is C25H30N4O2S. The summed E-state index contributed by atoms with van der Waals surface area (Å²) in [5.41, 5.74) is 3.54. The van der Waals surface area contributed by atoms with Crippen LogP contribution >= 0.6 is 11.8 Å². The first kappa shape index (κ1) is 22.6. The lowest BCUT2D eigenvalue weighted by molar-refractivity contribution is -0.113. The molecule has 0 unspecified atom stereocenters. The zero-order valence-electron chi connectivity index (χ0n) is 18.9. The average molecular weight is 451 g/mol. The van der Waals surface area contributed by atoms with Crippen LogP contribution in [0.15, 0.2) is 58.5 Å². The Kier molecular flexibility index (Phi) is 6.96. The highest BCUT2D eigenvalue weighted by Crippen LogP contribution is 2.35. The van der Waals surface area contributed by atoms with Crippen molar-refractivity contribution >= 4 is 34.1 Å². The Morgan fingerprint density at radius 1 is 1.09 bits per heavy atom. The van der Waals surface area contributed by atoms with Crippen LogP contribution in [-0.2, 0) is 11.2 Å². The maximum Gasteiger partial charge on any atom is 0.234 e. The average Bonchev–Trinajstić information content (AvgIpc) is 3.18. The summed E-state index contributed by atoms with van der Waals surface area (Å²) >= 11 is 1.46. The smallest absolute Gasteiger partial charge is 0.234 e. The van der Waals surface area contributed by atoms with E-state index in [-0.39, 0.29) is 5.91 Å². The molecule has 32 heavy (non-hydrogen) atoms. The molecule has 1 N–H and O–H groups in total. The fourth-order valence-electron chi connectivity index (χ4n) is 3.92. The quantitative estimate of drug-likeness (QED) is 0.714. The van der Waals surface area contributed by atoms with Crippen molar-refractivity contribution in [2.24, 2.45) is 9.98 Å². The highest BCUT2D eigenvalue weighted by atomic mass is 32.2. The van der Waals surface area contributed by atoms with Crippen molar-refractivity contribution in [3.05, 3.63) is 59.7 Å². The van der Waals surface area contributed by atoms with Crippen molar-refractivity contribution in [1.82, 2.24) is 4.90 Å². The number of ether oxygens (including phenoxy) is 1. The molecule has 1 spiro atoms. The maximum atomic E-state index is 12.6. The number of hydrogen-bond donors (Lipinski definition) is 1. The summed E-state index contributed by atoms with van der Waals surface area (Å²) in [6.07, 6.45) is 2.77. The second-order valence-electron chi connectivity index (χ2n) is 8.28. The van der Waals surface area contributed by atoms with E-state index < -0.39 is 5.66 Å². The van der Waals surface area contributed by atoms with Gasteiger partial charge in [-0.2, -0.15) is 0 Å². The predicted octanol–water partition coefficient (Wildman–Crippen LogP) is 4.25. The van der Waals surface area contributed by atoms with Gasteiger partial charge in [0.1, 0.15) is 10.8 Å². The minimum atomic E-state index is -0.406. The van der Waals surface area contributed by atoms with Crippen LogP contribution in [0.2, 0.25) is 0 Å². The lowest BCUT2D eigenvalue weighted by atomic mass is 9.99. The molecule has 168 valence electrons. The van der Waals surface area contributed by atoms with Crippen LogP contribution < -0.4 is 10.1 Å². The van der Waals surface area contributed by atoms with E-state index in [4.69, 9.17) is 14.7 Å². The zero-order valence-corrected chi connectivity index (χ0v) is 19.7. The van der Waals surface area contributed by atoms with E-state index in [1.54, 1.807) is 7.11 Å². The molecule has 0 atom stereocenters. The molecule has 0 aromatic heterocycles. The fraction of sp³-hybridized carbons (Fsp3) is 0.400. The molecular weight excluding hydrogens is 420 g/mol. The van der Waals surface area contributed by atoms with E-state index >= 15 is 0 Å². The molecule has 0 aliphatic carbocycles. The minimum Gasteiger partial charge on any atom is -0.497 e. The predicted molar refractivity (Wildman–Crippen MR) is 133 cm³/mol. The Bertz CT molecular complexity index is 1010. The topological polar surface area (TPSA) is 66.3 Å². The Hall–Kier alpha value is -2.64. The van der Waals surface area contributed by atoms with Crippen LogP contribution in [0.5, 0.6) is 5.75 Å². The van der Waals surface area contributed by atoms with E-state index in [0.29, 0.717) is 5.75 Å². The number of likely N-dealkylation sites (tertiary alicyclic amines) is 1. The third-order valence-corrected chi connectivity index (χ3v) is 6.93. The van der Waals surface area contributed by atoms with Crippen LogP contribution in [-0.4, -0.2) is 60.2 Å². The van der Waals surface area contributed by atoms with Crippen molar-refractivity contribution in [2.75, 3.05) is 38.3 Å². The highest BCUT2D eigenvalue weighted by molar-refractivity contribution is 8.16. The van der Waals surface area contributed by atoms with Crippen molar-refractivity contribution in [2.45, 2.75) is 31.8 Å². The first-order valence-electron chi connectivity index (χ1n) is 11.0. The highest BCUT2D eigenvalue weighted by Gasteiger charge is 2.39. The van der Waals surface area contributed by atoms with Gasteiger partial charge in [-0.15, -0.1) is 0 Å². The normalized spacial score (nSPS) is 17.7. The van der Waals surface area contributed by atoms with E-state index in [9.17, 15) is 4.79 Å². The van der Waals surface area contributed by atoms with Gasteiger partial charge < -0.3 is 15.0 Å². The summed E-state index contributed by atoms with van der Waals surface area (Å²) in [5, 5.41) is 3.83. The molecule has 0 radical (unpaired) electrons. The van der Waals surface area contributed by atoms with E-state index in [1.165, 1.54) is 17.3 Å². The van der Waals surface area contributed by atoms with Gasteiger partial charge in [0.25, 0.3) is 0 Å². The lowest BCUT2D eigenvalue weighted by Crippen LogP contribution is -2.39. The number of anilines is 1. The molecule has 2 aromatic carbocycles. The van der Waals surface area contributed by atoms with Gasteiger partial charge in [-0.1, -0.05) is 30.8 Å². The number of nitrogens with one attached hydrogen (secondary N) is 1. The first-order valence-corrected chi connectivity index (χ1v) is 12.0. The molecule has 7 heteroatoms. The van der Waals surface area contributed by atoms with Gasteiger partial charge in [0.05, 0.1) is 18.6 Å². The number of carbonyl (C=O) groups is 1. The summed E-state index contributed by atoms with van der Waals surface area (Å²) in [6, 6.07) is 15.9. The number of piperidine rings is 1. The monoisotopic (exact) mass is 450 g/mol. The zero-order chi connectivity index (χ0) is 22.6. The molecule has 2 aliphatic rings. The summed E-state index contributed by atoms with van der Waals surface area (Å²) in [7, 11) is 3.79. The van der Waals surface area contributed by atoms with Crippen LogP contribution in [0.4, 0.5) is 5.69 Å². The lowest BCUT2D eigenvalue weighted by Gasteiger charge is -2.33. The van der Waals surface area contributed by atoms with Crippen molar-refractivity contribution in [3.8, 4) is 5.75 Å². The molecule has 1 fully saturated rings. The molecule has 2 heterocycles. The largest absolute Gasteiger partial charge is 0.497 e. The third-order valence-electron chi connectivity index (χ3n) is 5.97. The summed E-state index contributed by atoms with van der Waals surface area (Å²) < 4.78 is 5.30. The van der Waals surface area contributed by atoms with Crippen molar-refractivity contribution < 1.29 is 9.53 Å². The SMILES string of the molecule is CCc1ccc(NC(=O)CSC2=NC3(CCN(C)CC3)N=C2c2ccc(OC)cc2)cc1. The summed E-state index contributed by atoms with van der Waals surface area (Å²) in [4.78, 5) is 25.1. The number of hydrogen-bond acceptors (Lipinski definition) is 6. The number of amides is 1. The number of carbonyl (C=O) groups excluding carboxylic acids is 1. The number of benzene rings is 2. The third kappa shape index (κ3) is 5.22. The molecule has 0 saturated carbocycles. The maximum absolute atomic E-state index is 12.6. The molecule has 4 rings (SSSR count). The number of aliphatic imine (C=N–C) groups is 2. The van der Waals surface area contributed by atoms with Gasteiger partial charge in [0.15, 0.2) is 5.66 Å². The van der Waals surface area contributed by atoms with Crippen LogP contribution in [0, 0.1) is 0 Å². The van der Waals surface area contributed by atoms with Gasteiger partial charge in [-0.3, -0.25) is 9.79 Å². The standard InChI is InChI=1S/C25H30N4O2S/c1-4-18-5-9-20(10-6-18)26-22(30)17-32-24-23(19-7-11-21(31-3)12-8-19)27-25(28-24)13-15-29(2)16-14-25/h5-12H,4,13-17H2,1-3H3,(H,26,30). The van der Waals surface area contributed by atoms with Gasteiger partial charge in [0, 0.05) is 37.2 Å². The van der Waals surface area contributed by atoms with Gasteiger partial charge in [-0.25, -0.2) is 4.99 Å². The van der Waals surface area contributed by atoms with Gasteiger partial charge in [0.2, 0.25) is 5.91 Å². The van der Waals surface area contributed by atoms with Crippen molar-refractivity contribution in [3.63, 3.8) is 0 Å². The van der Waals surface area contributed by atoms with Gasteiger partial charge >= 0.3 is 0 Å². The van der Waals surface area contributed by atoms with Gasteiger partial charge in [-0.05, 0) is 55.4 Å². The van der Waals surface area contributed by atoms with E-state index in [2.05, 4.69) is 24.2 Å². The van der Waals surface area contributed by atoms with Crippen LogP contribution in [0.3, 0.4) is 0 Å². The Morgan fingerprint density at radius 2 is 1.78 bits per heavy atom. The second-order valence-corrected chi connectivity index (χ2v) is 9.24. The number of nitrogens with zero attached hydrogens (tertiary/aromatic N) is 3. The number of thioether (sulfide) groups is 1. The molecule has 1 amide bonds. The van der Waals surface area contributed by atoms with Crippen LogP contribution in [0.25, 0.3) is 0 Å². The van der Waals surface area contributed by atoms with Crippen LogP contribution in [0.1, 0.15) is 30.9 Å². The van der Waals surface area contributed by atoms with E-state index in [0.717, 1.165) is 60.1 Å². The number of aryl methyl sites for hydroxylation is 1. The summed E-state index contributed by atoms with van der Waals surface area (Å²) in [6.45, 7) is 4.05. The molecule has 6 nitrogen and oxygen atoms in total. The van der Waals surface area contributed by atoms with Crippen molar-refractivity contribution in [1.29, 1.82) is 0 Å².